The Labute approximate surface area is 70.1 Å². The number of pyridine rings is 1. The van der Waals surface area contributed by atoms with E-state index < -0.39 is 6.17 Å². The minimum atomic E-state index is -0.674. The van der Waals surface area contributed by atoms with Gasteiger partial charge in [-0.3, -0.25) is 4.98 Å². The average Bonchev–Trinajstić information content (AvgIpc) is 2.83. The molecule has 0 aromatic carbocycles. The second-order valence-electron chi connectivity index (χ2n) is 3.10. The lowest BCUT2D eigenvalue weighted by Gasteiger charge is -1.98. The number of aromatic nitrogens is 1. The fraction of sp³-hybridized carbons (Fsp3) is 0.444. The van der Waals surface area contributed by atoms with Gasteiger partial charge in [-0.25, -0.2) is 4.39 Å². The molecule has 0 radical (unpaired) electrons. The van der Waals surface area contributed by atoms with E-state index in [1.807, 2.05) is 6.07 Å². The van der Waals surface area contributed by atoms with Gasteiger partial charge < -0.3 is 5.11 Å². The number of hydrogen-bond donors (Lipinski definition) is 1. The van der Waals surface area contributed by atoms with Crippen molar-refractivity contribution in [2.24, 2.45) is 0 Å². The Morgan fingerprint density at radius 3 is 2.75 bits per heavy atom. The molecular formula is C9H10FNO. The molecule has 1 saturated carbocycles. The highest BCUT2D eigenvalue weighted by molar-refractivity contribution is 5.24. The lowest BCUT2D eigenvalue weighted by Crippen LogP contribution is -1.90. The Morgan fingerprint density at radius 2 is 2.33 bits per heavy atom. The molecule has 3 heteroatoms. The number of halogens is 1. The molecule has 1 aromatic heterocycles. The van der Waals surface area contributed by atoms with Crippen LogP contribution < -0.4 is 0 Å². The number of aliphatic hydroxyl groups is 1. The molecule has 1 N–H and O–H groups in total. The third-order valence-electron chi connectivity index (χ3n) is 2.15. The van der Waals surface area contributed by atoms with Crippen LogP contribution in [0.2, 0.25) is 0 Å². The van der Waals surface area contributed by atoms with Crippen molar-refractivity contribution in [3.8, 4) is 0 Å². The van der Waals surface area contributed by atoms with Crippen LogP contribution in [-0.2, 0) is 6.61 Å². The van der Waals surface area contributed by atoms with Crippen molar-refractivity contribution < 1.29 is 9.50 Å². The van der Waals surface area contributed by atoms with Gasteiger partial charge in [0.2, 0.25) is 0 Å². The van der Waals surface area contributed by atoms with Crippen LogP contribution in [0.25, 0.3) is 0 Å². The summed E-state index contributed by atoms with van der Waals surface area (Å²) in [6.07, 6.45) is 1.60. The number of alkyl halides is 1. The molecule has 1 fully saturated rings. The van der Waals surface area contributed by atoms with Crippen LogP contribution in [0.1, 0.15) is 23.6 Å². The van der Waals surface area contributed by atoms with Crippen LogP contribution in [0, 0.1) is 0 Å². The summed E-state index contributed by atoms with van der Waals surface area (Å²) < 4.78 is 12.6. The van der Waals surface area contributed by atoms with Gasteiger partial charge in [0.1, 0.15) is 6.17 Å². The summed E-state index contributed by atoms with van der Waals surface area (Å²) >= 11 is 0. The molecule has 0 aliphatic heterocycles. The predicted molar refractivity (Wildman–Crippen MR) is 42.4 cm³/mol. The van der Waals surface area contributed by atoms with Crippen molar-refractivity contribution in [1.82, 2.24) is 4.98 Å². The topological polar surface area (TPSA) is 33.1 Å². The first-order valence-corrected chi connectivity index (χ1v) is 4.01. The maximum absolute atomic E-state index is 12.6. The van der Waals surface area contributed by atoms with E-state index in [9.17, 15) is 4.39 Å². The highest BCUT2D eigenvalue weighted by Crippen LogP contribution is 2.42. The van der Waals surface area contributed by atoms with Crippen LogP contribution in [0.15, 0.2) is 18.3 Å². The van der Waals surface area contributed by atoms with Crippen molar-refractivity contribution in [2.45, 2.75) is 25.1 Å². The molecule has 0 saturated heterocycles. The Morgan fingerprint density at radius 1 is 1.58 bits per heavy atom. The average molecular weight is 167 g/mol. The van der Waals surface area contributed by atoms with Gasteiger partial charge in [-0.15, -0.1) is 0 Å². The first-order valence-electron chi connectivity index (χ1n) is 4.01. The Bertz CT molecular complexity index is 272. The summed E-state index contributed by atoms with van der Waals surface area (Å²) in [5.74, 6) is 0.0604. The molecule has 64 valence electrons. The predicted octanol–water partition coefficient (Wildman–Crippen LogP) is 1.40. The van der Waals surface area contributed by atoms with E-state index in [4.69, 9.17) is 5.11 Å². The summed E-state index contributed by atoms with van der Waals surface area (Å²) in [4.78, 5) is 3.98. The smallest absolute Gasteiger partial charge is 0.108 e. The van der Waals surface area contributed by atoms with Gasteiger partial charge in [0.25, 0.3) is 0 Å². The first kappa shape index (κ1) is 7.68. The van der Waals surface area contributed by atoms with Crippen molar-refractivity contribution >= 4 is 0 Å². The standard InChI is InChI=1S/C9H10FNO/c10-9-3-8(9)6-1-2-7(5-12)11-4-6/h1-2,4,8-9,12H,3,5H2. The molecule has 2 rings (SSSR count). The van der Waals surface area contributed by atoms with E-state index in [2.05, 4.69) is 4.98 Å². The zero-order valence-electron chi connectivity index (χ0n) is 6.57. The van der Waals surface area contributed by atoms with Crippen molar-refractivity contribution in [1.29, 1.82) is 0 Å². The first-order chi connectivity index (χ1) is 5.81. The quantitative estimate of drug-likeness (QED) is 0.722. The normalized spacial score (nSPS) is 27.2. The summed E-state index contributed by atoms with van der Waals surface area (Å²) in [5.41, 5.74) is 1.58. The minimum Gasteiger partial charge on any atom is -0.390 e. The fourth-order valence-corrected chi connectivity index (χ4v) is 1.26. The molecule has 1 aliphatic carbocycles. The van der Waals surface area contributed by atoms with E-state index in [-0.39, 0.29) is 12.5 Å². The molecule has 2 unspecified atom stereocenters. The van der Waals surface area contributed by atoms with Crippen LogP contribution >= 0.6 is 0 Å². The van der Waals surface area contributed by atoms with Crippen molar-refractivity contribution in [2.75, 3.05) is 0 Å². The van der Waals surface area contributed by atoms with Gasteiger partial charge in [-0.1, -0.05) is 6.07 Å². The number of nitrogens with zero attached hydrogens (tertiary/aromatic N) is 1. The third-order valence-corrected chi connectivity index (χ3v) is 2.15. The van der Waals surface area contributed by atoms with E-state index in [0.717, 1.165) is 5.56 Å². The highest BCUT2D eigenvalue weighted by atomic mass is 19.1. The zero-order chi connectivity index (χ0) is 8.55. The van der Waals surface area contributed by atoms with E-state index in [0.29, 0.717) is 12.1 Å². The van der Waals surface area contributed by atoms with Gasteiger partial charge in [0.15, 0.2) is 0 Å². The van der Waals surface area contributed by atoms with Gasteiger partial charge in [0, 0.05) is 12.1 Å². The Balaban J connectivity index is 2.14. The lowest BCUT2D eigenvalue weighted by atomic mass is 10.2. The maximum atomic E-state index is 12.6. The van der Waals surface area contributed by atoms with Gasteiger partial charge in [-0.05, 0) is 18.1 Å². The SMILES string of the molecule is OCc1ccc(C2CC2F)cn1. The Kier molecular flexibility index (Phi) is 1.81. The van der Waals surface area contributed by atoms with Crippen LogP contribution in [0.4, 0.5) is 4.39 Å². The van der Waals surface area contributed by atoms with Crippen molar-refractivity contribution in [3.05, 3.63) is 29.6 Å². The minimum absolute atomic E-state index is 0.0516. The molecule has 2 atom stereocenters. The number of aliphatic hydroxyl groups excluding tert-OH is 1. The second-order valence-corrected chi connectivity index (χ2v) is 3.10. The molecule has 1 aliphatic rings. The van der Waals surface area contributed by atoms with E-state index in [1.54, 1.807) is 12.3 Å². The summed E-state index contributed by atoms with van der Waals surface area (Å²) in [6, 6.07) is 3.57. The van der Waals surface area contributed by atoms with Gasteiger partial charge in [0.05, 0.1) is 12.3 Å². The second kappa shape index (κ2) is 2.83. The molecule has 12 heavy (non-hydrogen) atoms. The van der Waals surface area contributed by atoms with Crippen LogP contribution in [-0.4, -0.2) is 16.3 Å². The largest absolute Gasteiger partial charge is 0.390 e. The van der Waals surface area contributed by atoms with Crippen molar-refractivity contribution in [3.63, 3.8) is 0 Å². The van der Waals surface area contributed by atoms with E-state index >= 15 is 0 Å². The summed E-state index contributed by atoms with van der Waals surface area (Å²) in [5, 5.41) is 8.70. The molecule has 1 heterocycles. The Hall–Kier alpha value is -0.960. The lowest BCUT2D eigenvalue weighted by molar-refractivity contribution is 0.277. The van der Waals surface area contributed by atoms with E-state index in [1.165, 1.54) is 0 Å². The molecule has 0 spiro atoms. The molecule has 0 amide bonds. The summed E-state index contributed by atoms with van der Waals surface area (Å²) in [7, 11) is 0. The van der Waals surface area contributed by atoms with Crippen LogP contribution in [0.3, 0.4) is 0 Å². The maximum Gasteiger partial charge on any atom is 0.108 e. The molecule has 2 nitrogen and oxygen atoms in total. The monoisotopic (exact) mass is 167 g/mol. The number of rotatable bonds is 2. The molecular weight excluding hydrogens is 157 g/mol. The van der Waals surface area contributed by atoms with Crippen LogP contribution in [0.5, 0.6) is 0 Å². The highest BCUT2D eigenvalue weighted by Gasteiger charge is 2.38. The third kappa shape index (κ3) is 1.32. The fourth-order valence-electron chi connectivity index (χ4n) is 1.26. The van der Waals surface area contributed by atoms with Gasteiger partial charge >= 0.3 is 0 Å². The zero-order valence-corrected chi connectivity index (χ0v) is 6.57. The molecule has 1 aromatic rings. The number of hydrogen-bond acceptors (Lipinski definition) is 2. The summed E-state index contributed by atoms with van der Waals surface area (Å²) in [6.45, 7) is -0.0516. The molecule has 0 bridgehead atoms. The van der Waals surface area contributed by atoms with Gasteiger partial charge in [-0.2, -0.15) is 0 Å².